The molecule has 0 fully saturated rings. The number of halogens is 2. The van der Waals surface area contributed by atoms with E-state index in [1.165, 1.54) is 0 Å². The van der Waals surface area contributed by atoms with Gasteiger partial charge in [-0.1, -0.05) is 76.9 Å². The molecule has 0 saturated heterocycles. The zero-order chi connectivity index (χ0) is 26.8. The van der Waals surface area contributed by atoms with Crippen molar-refractivity contribution >= 4 is 39.3 Å². The molecular weight excluding hydrogens is 556 g/mol. The summed E-state index contributed by atoms with van der Waals surface area (Å²) in [5, 5.41) is 3.44. The van der Waals surface area contributed by atoms with Crippen LogP contribution in [0.1, 0.15) is 31.4 Å². The zero-order valence-electron chi connectivity index (χ0n) is 21.2. The summed E-state index contributed by atoms with van der Waals surface area (Å²) in [6, 6.07) is 21.5. The monoisotopic (exact) mass is 586 g/mol. The molecule has 0 aliphatic heterocycles. The molecule has 0 aliphatic carbocycles. The first-order valence-electron chi connectivity index (χ1n) is 12.1. The highest BCUT2D eigenvalue weighted by atomic mass is 79.9. The first-order valence-corrected chi connectivity index (χ1v) is 13.3. The van der Waals surface area contributed by atoms with Crippen LogP contribution in [0, 0.1) is 0 Å². The van der Waals surface area contributed by atoms with E-state index < -0.39 is 6.04 Å². The van der Waals surface area contributed by atoms with Crippen LogP contribution >= 0.6 is 27.5 Å². The molecule has 3 aromatic rings. The molecule has 0 saturated carbocycles. The Labute approximate surface area is 232 Å². The Bertz CT molecular complexity index is 1190. The van der Waals surface area contributed by atoms with Gasteiger partial charge in [-0.25, -0.2) is 0 Å². The second-order valence-corrected chi connectivity index (χ2v) is 10.1. The molecule has 1 N–H and O–H groups in total. The SMILES string of the molecule is CC[C@@H](C)NC(=O)[C@@H](Cc1ccccc1)N(Cc1cccc(OC)c1)C(=O)COc1ccc(Br)cc1Cl. The van der Waals surface area contributed by atoms with Crippen LogP contribution in [-0.4, -0.2) is 42.5 Å². The minimum Gasteiger partial charge on any atom is -0.497 e. The van der Waals surface area contributed by atoms with Crippen molar-refractivity contribution in [3.05, 3.63) is 93.4 Å². The number of carbonyl (C=O) groups excluding carboxylic acids is 2. The second kappa shape index (κ2) is 14.1. The third kappa shape index (κ3) is 8.51. The highest BCUT2D eigenvalue weighted by Crippen LogP contribution is 2.28. The predicted octanol–water partition coefficient (Wildman–Crippen LogP) is 6.04. The van der Waals surface area contributed by atoms with Gasteiger partial charge in [0.25, 0.3) is 5.91 Å². The quantitative estimate of drug-likeness (QED) is 0.280. The van der Waals surface area contributed by atoms with Crippen molar-refractivity contribution in [2.75, 3.05) is 13.7 Å². The van der Waals surface area contributed by atoms with Gasteiger partial charge in [0, 0.05) is 23.5 Å². The summed E-state index contributed by atoms with van der Waals surface area (Å²) in [4.78, 5) is 28.8. The number of nitrogens with one attached hydrogen (secondary N) is 1. The van der Waals surface area contributed by atoms with Gasteiger partial charge in [-0.3, -0.25) is 9.59 Å². The summed E-state index contributed by atoms with van der Waals surface area (Å²) in [6.07, 6.45) is 1.14. The van der Waals surface area contributed by atoms with Crippen LogP contribution in [0.15, 0.2) is 77.3 Å². The number of methoxy groups -OCH3 is 1. The van der Waals surface area contributed by atoms with Gasteiger partial charge in [0.15, 0.2) is 6.61 Å². The third-order valence-corrected chi connectivity index (χ3v) is 6.79. The fourth-order valence-electron chi connectivity index (χ4n) is 3.78. The van der Waals surface area contributed by atoms with Crippen LogP contribution in [0.25, 0.3) is 0 Å². The van der Waals surface area contributed by atoms with Crippen LogP contribution < -0.4 is 14.8 Å². The number of hydrogen-bond acceptors (Lipinski definition) is 4. The van der Waals surface area contributed by atoms with E-state index in [4.69, 9.17) is 21.1 Å². The van der Waals surface area contributed by atoms with Gasteiger partial charge in [-0.15, -0.1) is 0 Å². The van der Waals surface area contributed by atoms with E-state index in [0.717, 1.165) is 22.0 Å². The number of amides is 2. The van der Waals surface area contributed by atoms with Crippen molar-refractivity contribution in [3.8, 4) is 11.5 Å². The molecule has 0 unspecified atom stereocenters. The molecule has 0 heterocycles. The Balaban J connectivity index is 1.94. The molecule has 6 nitrogen and oxygen atoms in total. The summed E-state index contributed by atoms with van der Waals surface area (Å²) < 4.78 is 12.0. The van der Waals surface area contributed by atoms with E-state index in [1.54, 1.807) is 30.2 Å². The van der Waals surface area contributed by atoms with Gasteiger partial charge in [0.2, 0.25) is 5.91 Å². The fourth-order valence-corrected chi connectivity index (χ4v) is 4.51. The largest absolute Gasteiger partial charge is 0.497 e. The minimum absolute atomic E-state index is 0.0302. The molecule has 0 spiro atoms. The molecule has 196 valence electrons. The van der Waals surface area contributed by atoms with Crippen molar-refractivity contribution in [1.29, 1.82) is 0 Å². The van der Waals surface area contributed by atoms with Crippen LogP contribution in [-0.2, 0) is 22.6 Å². The molecule has 3 aromatic carbocycles. The Morgan fingerprint density at radius 1 is 1.03 bits per heavy atom. The molecule has 0 aromatic heterocycles. The summed E-state index contributed by atoms with van der Waals surface area (Å²) >= 11 is 9.66. The van der Waals surface area contributed by atoms with Gasteiger partial charge in [-0.2, -0.15) is 0 Å². The molecule has 3 rings (SSSR count). The summed E-state index contributed by atoms with van der Waals surface area (Å²) in [7, 11) is 1.59. The van der Waals surface area contributed by atoms with Crippen LogP contribution in [0.2, 0.25) is 5.02 Å². The van der Waals surface area contributed by atoms with E-state index in [1.807, 2.05) is 68.4 Å². The highest BCUT2D eigenvalue weighted by Gasteiger charge is 2.31. The van der Waals surface area contributed by atoms with E-state index in [-0.39, 0.29) is 31.0 Å². The Morgan fingerprint density at radius 3 is 2.43 bits per heavy atom. The second-order valence-electron chi connectivity index (χ2n) is 8.76. The Kier molecular flexibility index (Phi) is 10.8. The van der Waals surface area contributed by atoms with E-state index >= 15 is 0 Å². The standard InChI is InChI=1S/C29H32BrClN2O4/c1-4-20(2)32-29(35)26(16-21-9-6-5-7-10-21)33(18-22-11-8-12-24(15-22)36-3)28(34)19-37-27-14-13-23(30)17-25(27)31/h5-15,17,20,26H,4,16,18-19H2,1-3H3,(H,32,35)/t20-,26-/m1/s1. The lowest BCUT2D eigenvalue weighted by Crippen LogP contribution is -2.53. The number of carbonyl (C=O) groups is 2. The van der Waals surface area contributed by atoms with Crippen molar-refractivity contribution in [1.82, 2.24) is 10.2 Å². The van der Waals surface area contributed by atoms with Gasteiger partial charge in [0.05, 0.1) is 12.1 Å². The molecule has 0 aliphatic rings. The van der Waals surface area contributed by atoms with Crippen LogP contribution in [0.4, 0.5) is 0 Å². The number of ether oxygens (including phenoxy) is 2. The van der Waals surface area contributed by atoms with Gasteiger partial charge in [0.1, 0.15) is 17.5 Å². The van der Waals surface area contributed by atoms with Gasteiger partial charge in [-0.05, 0) is 54.8 Å². The Morgan fingerprint density at radius 2 is 1.76 bits per heavy atom. The topological polar surface area (TPSA) is 67.9 Å². The smallest absolute Gasteiger partial charge is 0.261 e. The van der Waals surface area contributed by atoms with Gasteiger partial charge >= 0.3 is 0 Å². The van der Waals surface area contributed by atoms with Gasteiger partial charge < -0.3 is 19.7 Å². The van der Waals surface area contributed by atoms with E-state index in [0.29, 0.717) is 22.9 Å². The molecule has 2 amide bonds. The fraction of sp³-hybridized carbons (Fsp3) is 0.310. The Hall–Kier alpha value is -3.03. The summed E-state index contributed by atoms with van der Waals surface area (Å²) in [5.74, 6) is 0.521. The molecule has 0 radical (unpaired) electrons. The van der Waals surface area contributed by atoms with Crippen LogP contribution in [0.3, 0.4) is 0 Å². The van der Waals surface area contributed by atoms with Crippen molar-refractivity contribution < 1.29 is 19.1 Å². The zero-order valence-corrected chi connectivity index (χ0v) is 23.6. The molecule has 0 bridgehead atoms. The van der Waals surface area contributed by atoms with E-state index in [2.05, 4.69) is 21.2 Å². The summed E-state index contributed by atoms with van der Waals surface area (Å²) in [6.45, 7) is 3.89. The normalized spacial score (nSPS) is 12.4. The first-order chi connectivity index (χ1) is 17.8. The van der Waals surface area contributed by atoms with Crippen molar-refractivity contribution in [2.45, 2.75) is 45.3 Å². The van der Waals surface area contributed by atoms with Crippen molar-refractivity contribution in [3.63, 3.8) is 0 Å². The van der Waals surface area contributed by atoms with E-state index in [9.17, 15) is 9.59 Å². The highest BCUT2D eigenvalue weighted by molar-refractivity contribution is 9.10. The molecule has 37 heavy (non-hydrogen) atoms. The number of benzene rings is 3. The third-order valence-electron chi connectivity index (χ3n) is 6.00. The lowest BCUT2D eigenvalue weighted by Gasteiger charge is -2.32. The molecule has 8 heteroatoms. The van der Waals surface area contributed by atoms with Crippen LogP contribution in [0.5, 0.6) is 11.5 Å². The first kappa shape index (κ1) is 28.5. The maximum Gasteiger partial charge on any atom is 0.261 e. The molecule has 2 atom stereocenters. The number of nitrogens with zero attached hydrogens (tertiary/aromatic N) is 1. The summed E-state index contributed by atoms with van der Waals surface area (Å²) in [5.41, 5.74) is 1.79. The van der Waals surface area contributed by atoms with Crippen molar-refractivity contribution in [2.24, 2.45) is 0 Å². The molecular formula is C29H32BrClN2O4. The average Bonchev–Trinajstić information content (AvgIpc) is 2.90. The number of hydrogen-bond donors (Lipinski definition) is 1. The minimum atomic E-state index is -0.751. The maximum absolute atomic E-state index is 13.7. The predicted molar refractivity (Wildman–Crippen MR) is 150 cm³/mol. The lowest BCUT2D eigenvalue weighted by atomic mass is 10.0. The lowest BCUT2D eigenvalue weighted by molar-refractivity contribution is -0.143. The average molecular weight is 588 g/mol. The maximum atomic E-state index is 13.7. The number of rotatable bonds is 12.